The van der Waals surface area contributed by atoms with Gasteiger partial charge in [-0.2, -0.15) is 0 Å². The van der Waals surface area contributed by atoms with Crippen molar-refractivity contribution in [3.63, 3.8) is 0 Å². The lowest BCUT2D eigenvalue weighted by molar-refractivity contribution is 0.165. The highest BCUT2D eigenvalue weighted by molar-refractivity contribution is 5.35. The van der Waals surface area contributed by atoms with Crippen LogP contribution < -0.4 is 10.1 Å². The lowest BCUT2D eigenvalue weighted by atomic mass is 9.72. The van der Waals surface area contributed by atoms with E-state index < -0.39 is 0 Å². The van der Waals surface area contributed by atoms with Gasteiger partial charge in [0.15, 0.2) is 0 Å². The minimum atomic E-state index is 0.329. The summed E-state index contributed by atoms with van der Waals surface area (Å²) in [5.41, 5.74) is 3.06. The van der Waals surface area contributed by atoms with Gasteiger partial charge in [-0.25, -0.2) is 0 Å². The molecule has 0 radical (unpaired) electrons. The Kier molecular flexibility index (Phi) is 3.75. The van der Waals surface area contributed by atoms with Crippen LogP contribution in [0.1, 0.15) is 11.1 Å². The van der Waals surface area contributed by atoms with Gasteiger partial charge >= 0.3 is 0 Å². The molecule has 0 atom stereocenters. The number of rotatable bonds is 5. The topological polar surface area (TPSA) is 21.3 Å². The number of nitrogens with one attached hydrogen (secondary N) is 1. The van der Waals surface area contributed by atoms with Crippen LogP contribution in [0, 0.1) is 5.41 Å². The molecule has 0 saturated carbocycles. The standard InChI is InChI=1S/C18H21NO/c1-20-17-10-6-5-9-16(17)12-18(13-19-14-18)11-15-7-3-2-4-8-15/h2-10,19H,11-14H2,1H3. The highest BCUT2D eigenvalue weighted by Crippen LogP contribution is 2.34. The zero-order valence-corrected chi connectivity index (χ0v) is 11.9. The van der Waals surface area contributed by atoms with Crippen molar-refractivity contribution in [2.75, 3.05) is 20.2 Å². The average molecular weight is 267 g/mol. The van der Waals surface area contributed by atoms with Crippen molar-refractivity contribution in [1.29, 1.82) is 0 Å². The summed E-state index contributed by atoms with van der Waals surface area (Å²) in [6, 6.07) is 19.1. The lowest BCUT2D eigenvalue weighted by Gasteiger charge is -2.43. The Morgan fingerprint density at radius 2 is 1.65 bits per heavy atom. The first-order chi connectivity index (χ1) is 9.81. The first-order valence-electron chi connectivity index (χ1n) is 7.18. The number of methoxy groups -OCH3 is 1. The Morgan fingerprint density at radius 1 is 0.950 bits per heavy atom. The van der Waals surface area contributed by atoms with Gasteiger partial charge in [0.1, 0.15) is 5.75 Å². The van der Waals surface area contributed by atoms with Crippen molar-refractivity contribution >= 4 is 0 Å². The van der Waals surface area contributed by atoms with Crippen molar-refractivity contribution in [3.8, 4) is 5.75 Å². The molecular weight excluding hydrogens is 246 g/mol. The molecule has 1 saturated heterocycles. The van der Waals surface area contributed by atoms with E-state index in [-0.39, 0.29) is 0 Å². The molecule has 1 aliphatic heterocycles. The molecule has 0 spiro atoms. The van der Waals surface area contributed by atoms with Crippen LogP contribution in [0.5, 0.6) is 5.75 Å². The predicted molar refractivity (Wildman–Crippen MR) is 82.1 cm³/mol. The molecule has 3 rings (SSSR count). The molecule has 0 unspecified atom stereocenters. The summed E-state index contributed by atoms with van der Waals surface area (Å²) < 4.78 is 5.49. The summed E-state index contributed by atoms with van der Waals surface area (Å²) in [5.74, 6) is 1.01. The first-order valence-corrected chi connectivity index (χ1v) is 7.18. The maximum Gasteiger partial charge on any atom is 0.122 e. The summed E-state index contributed by atoms with van der Waals surface area (Å²) in [4.78, 5) is 0. The van der Waals surface area contributed by atoms with Crippen LogP contribution in [0.25, 0.3) is 0 Å². The molecule has 1 fully saturated rings. The number of hydrogen-bond donors (Lipinski definition) is 1. The Balaban J connectivity index is 1.79. The highest BCUT2D eigenvalue weighted by Gasteiger charge is 2.37. The van der Waals surface area contributed by atoms with Gasteiger partial charge in [-0.1, -0.05) is 48.5 Å². The van der Waals surface area contributed by atoms with E-state index in [9.17, 15) is 0 Å². The minimum Gasteiger partial charge on any atom is -0.496 e. The van der Waals surface area contributed by atoms with E-state index in [0.717, 1.165) is 31.7 Å². The van der Waals surface area contributed by atoms with Crippen molar-refractivity contribution in [2.24, 2.45) is 5.41 Å². The summed E-state index contributed by atoms with van der Waals surface area (Å²) >= 11 is 0. The van der Waals surface area contributed by atoms with Crippen LogP contribution >= 0.6 is 0 Å². The Labute approximate surface area is 120 Å². The van der Waals surface area contributed by atoms with Crippen LogP contribution in [0.2, 0.25) is 0 Å². The van der Waals surface area contributed by atoms with Crippen molar-refractivity contribution < 1.29 is 4.74 Å². The maximum absolute atomic E-state index is 5.49. The third-order valence-electron chi connectivity index (χ3n) is 4.18. The molecule has 2 aromatic rings. The van der Waals surface area contributed by atoms with Gasteiger partial charge in [0.25, 0.3) is 0 Å². The van der Waals surface area contributed by atoms with E-state index in [1.54, 1.807) is 7.11 Å². The second-order valence-electron chi connectivity index (χ2n) is 5.75. The predicted octanol–water partition coefficient (Wildman–Crippen LogP) is 3.07. The number of ether oxygens (including phenoxy) is 1. The average Bonchev–Trinajstić information content (AvgIpc) is 2.46. The summed E-state index contributed by atoms with van der Waals surface area (Å²) in [6.45, 7) is 2.17. The number of benzene rings is 2. The van der Waals surface area contributed by atoms with Crippen molar-refractivity contribution in [1.82, 2.24) is 5.32 Å². The van der Waals surface area contributed by atoms with E-state index in [2.05, 4.69) is 53.8 Å². The second-order valence-corrected chi connectivity index (χ2v) is 5.75. The SMILES string of the molecule is COc1ccccc1CC1(Cc2ccccc2)CNC1. The fourth-order valence-electron chi connectivity index (χ4n) is 3.07. The molecule has 20 heavy (non-hydrogen) atoms. The Hall–Kier alpha value is -1.80. The fourth-order valence-corrected chi connectivity index (χ4v) is 3.07. The van der Waals surface area contributed by atoms with Gasteiger partial charge < -0.3 is 10.1 Å². The first kappa shape index (κ1) is 13.2. The molecule has 0 aromatic heterocycles. The third-order valence-corrected chi connectivity index (χ3v) is 4.18. The molecular formula is C18H21NO. The van der Waals surface area contributed by atoms with Crippen LogP contribution in [-0.4, -0.2) is 20.2 Å². The van der Waals surface area contributed by atoms with Gasteiger partial charge in [-0.3, -0.25) is 0 Å². The summed E-state index contributed by atoms with van der Waals surface area (Å²) in [7, 11) is 1.75. The number of hydrogen-bond acceptors (Lipinski definition) is 2. The molecule has 2 nitrogen and oxygen atoms in total. The minimum absolute atomic E-state index is 0.329. The maximum atomic E-state index is 5.49. The second kappa shape index (κ2) is 5.68. The Morgan fingerprint density at radius 3 is 2.30 bits per heavy atom. The monoisotopic (exact) mass is 267 g/mol. The molecule has 1 heterocycles. The van der Waals surface area contributed by atoms with Crippen LogP contribution in [0.4, 0.5) is 0 Å². The molecule has 0 bridgehead atoms. The molecule has 2 heteroatoms. The van der Waals surface area contributed by atoms with Gasteiger partial charge in [0.05, 0.1) is 7.11 Å². The summed E-state index contributed by atoms with van der Waals surface area (Å²) in [6.07, 6.45) is 2.19. The number of para-hydroxylation sites is 1. The zero-order chi connectivity index (χ0) is 13.8. The fraction of sp³-hybridized carbons (Fsp3) is 0.333. The van der Waals surface area contributed by atoms with E-state index in [0.29, 0.717) is 5.41 Å². The normalized spacial score (nSPS) is 16.4. The molecule has 1 N–H and O–H groups in total. The highest BCUT2D eigenvalue weighted by atomic mass is 16.5. The molecule has 1 aliphatic rings. The van der Waals surface area contributed by atoms with Gasteiger partial charge in [0, 0.05) is 18.5 Å². The van der Waals surface area contributed by atoms with Crippen molar-refractivity contribution in [3.05, 3.63) is 65.7 Å². The van der Waals surface area contributed by atoms with Crippen molar-refractivity contribution in [2.45, 2.75) is 12.8 Å². The van der Waals surface area contributed by atoms with E-state index in [1.807, 2.05) is 6.07 Å². The Bertz CT molecular complexity index is 561. The third kappa shape index (κ3) is 2.70. The van der Waals surface area contributed by atoms with Gasteiger partial charge in [0.2, 0.25) is 0 Å². The molecule has 0 aliphatic carbocycles. The van der Waals surface area contributed by atoms with Crippen LogP contribution in [0.3, 0.4) is 0 Å². The molecule has 2 aromatic carbocycles. The van der Waals surface area contributed by atoms with Crippen LogP contribution in [0.15, 0.2) is 54.6 Å². The van der Waals surface area contributed by atoms with E-state index >= 15 is 0 Å². The molecule has 0 amide bonds. The quantitative estimate of drug-likeness (QED) is 0.899. The largest absolute Gasteiger partial charge is 0.496 e. The van der Waals surface area contributed by atoms with Gasteiger partial charge in [-0.15, -0.1) is 0 Å². The molecule has 104 valence electrons. The lowest BCUT2D eigenvalue weighted by Crippen LogP contribution is -2.56. The summed E-state index contributed by atoms with van der Waals surface area (Å²) in [5, 5.41) is 3.44. The zero-order valence-electron chi connectivity index (χ0n) is 11.9. The van der Waals surface area contributed by atoms with Gasteiger partial charge in [-0.05, 0) is 30.0 Å². The van der Waals surface area contributed by atoms with E-state index in [4.69, 9.17) is 4.74 Å². The van der Waals surface area contributed by atoms with E-state index in [1.165, 1.54) is 11.1 Å². The smallest absolute Gasteiger partial charge is 0.122 e. The van der Waals surface area contributed by atoms with Crippen LogP contribution in [-0.2, 0) is 12.8 Å².